The van der Waals surface area contributed by atoms with E-state index in [1.165, 1.54) is 0 Å². The van der Waals surface area contributed by atoms with Gasteiger partial charge in [0.2, 0.25) is 0 Å². The van der Waals surface area contributed by atoms with Crippen LogP contribution in [-0.2, 0) is 9.84 Å². The van der Waals surface area contributed by atoms with Crippen LogP contribution in [-0.4, -0.2) is 37.1 Å². The van der Waals surface area contributed by atoms with Gasteiger partial charge in [-0.2, -0.15) is 0 Å². The number of benzene rings is 1. The van der Waals surface area contributed by atoms with Crippen LogP contribution in [0.15, 0.2) is 35.2 Å². The van der Waals surface area contributed by atoms with Gasteiger partial charge >= 0.3 is 0 Å². The van der Waals surface area contributed by atoms with E-state index in [9.17, 15) is 13.5 Å². The van der Waals surface area contributed by atoms with Gasteiger partial charge in [0.25, 0.3) is 0 Å². The van der Waals surface area contributed by atoms with E-state index in [4.69, 9.17) is 5.11 Å². The molecule has 4 nitrogen and oxygen atoms in total. The van der Waals surface area contributed by atoms with Crippen LogP contribution in [0, 0.1) is 11.8 Å². The lowest BCUT2D eigenvalue weighted by atomic mass is 9.96. The molecule has 0 bridgehead atoms. The van der Waals surface area contributed by atoms with E-state index in [1.807, 2.05) is 0 Å². The van der Waals surface area contributed by atoms with Crippen molar-refractivity contribution in [2.75, 3.05) is 12.4 Å². The molecule has 0 saturated carbocycles. The summed E-state index contributed by atoms with van der Waals surface area (Å²) in [5.41, 5.74) is 0. The molecule has 1 aromatic carbocycles. The van der Waals surface area contributed by atoms with Crippen LogP contribution >= 0.6 is 0 Å². The number of sulfone groups is 1. The Morgan fingerprint density at radius 1 is 1.11 bits per heavy atom. The Bertz CT molecular complexity index is 455. The quantitative estimate of drug-likeness (QED) is 0.813. The van der Waals surface area contributed by atoms with Gasteiger partial charge < -0.3 is 10.2 Å². The molecular formula is C13H20O4S. The second-order valence-electron chi connectivity index (χ2n) is 4.72. The van der Waals surface area contributed by atoms with E-state index < -0.39 is 21.9 Å². The molecule has 0 unspecified atom stereocenters. The fraction of sp³-hybridized carbons (Fsp3) is 0.538. The van der Waals surface area contributed by atoms with Crippen molar-refractivity contribution >= 4 is 9.84 Å². The summed E-state index contributed by atoms with van der Waals surface area (Å²) in [4.78, 5) is 0.265. The van der Waals surface area contributed by atoms with Crippen LogP contribution in [0.4, 0.5) is 0 Å². The minimum absolute atomic E-state index is 0.123. The average Bonchev–Trinajstić information content (AvgIpc) is 2.37. The molecule has 0 radical (unpaired) electrons. The van der Waals surface area contributed by atoms with Crippen LogP contribution in [0.25, 0.3) is 0 Å². The van der Waals surface area contributed by atoms with Crippen LogP contribution in [0.5, 0.6) is 0 Å². The van der Waals surface area contributed by atoms with Gasteiger partial charge in [0, 0.05) is 12.5 Å². The maximum Gasteiger partial charge on any atom is 0.178 e. The predicted octanol–water partition coefficient (Wildman–Crippen LogP) is 1.09. The van der Waals surface area contributed by atoms with Gasteiger partial charge in [-0.1, -0.05) is 32.0 Å². The Balaban J connectivity index is 2.78. The summed E-state index contributed by atoms with van der Waals surface area (Å²) >= 11 is 0. The van der Waals surface area contributed by atoms with E-state index in [1.54, 1.807) is 44.2 Å². The number of aliphatic hydroxyl groups is 2. The summed E-state index contributed by atoms with van der Waals surface area (Å²) in [5, 5.41) is 18.8. The van der Waals surface area contributed by atoms with Crippen molar-refractivity contribution in [1.29, 1.82) is 0 Å². The largest absolute Gasteiger partial charge is 0.396 e. The minimum Gasteiger partial charge on any atom is -0.396 e. The van der Waals surface area contributed by atoms with E-state index in [2.05, 4.69) is 0 Å². The zero-order chi connectivity index (χ0) is 13.8. The molecule has 0 spiro atoms. The van der Waals surface area contributed by atoms with Crippen molar-refractivity contribution in [3.8, 4) is 0 Å². The van der Waals surface area contributed by atoms with E-state index in [0.717, 1.165) is 0 Å². The lowest BCUT2D eigenvalue weighted by Gasteiger charge is -2.23. The molecule has 18 heavy (non-hydrogen) atoms. The van der Waals surface area contributed by atoms with Crippen molar-refractivity contribution in [3.05, 3.63) is 30.3 Å². The highest BCUT2D eigenvalue weighted by Gasteiger charge is 2.26. The lowest BCUT2D eigenvalue weighted by molar-refractivity contribution is 0.0437. The Labute approximate surface area is 108 Å². The lowest BCUT2D eigenvalue weighted by Crippen LogP contribution is -2.32. The van der Waals surface area contributed by atoms with Gasteiger partial charge in [0.15, 0.2) is 9.84 Å². The zero-order valence-corrected chi connectivity index (χ0v) is 11.5. The molecule has 0 amide bonds. The van der Waals surface area contributed by atoms with Crippen LogP contribution < -0.4 is 0 Å². The normalized spacial score (nSPS) is 17.1. The highest BCUT2D eigenvalue weighted by atomic mass is 32.2. The van der Waals surface area contributed by atoms with Gasteiger partial charge in [-0.15, -0.1) is 0 Å². The van der Waals surface area contributed by atoms with E-state index in [0.29, 0.717) is 0 Å². The van der Waals surface area contributed by atoms with E-state index >= 15 is 0 Å². The third-order valence-electron chi connectivity index (χ3n) is 3.04. The Kier molecular flexibility index (Phi) is 5.31. The highest BCUT2D eigenvalue weighted by Crippen LogP contribution is 2.19. The monoisotopic (exact) mass is 272 g/mol. The summed E-state index contributed by atoms with van der Waals surface area (Å²) in [7, 11) is -3.39. The van der Waals surface area contributed by atoms with Crippen molar-refractivity contribution < 1.29 is 18.6 Å². The van der Waals surface area contributed by atoms with Crippen LogP contribution in [0.1, 0.15) is 13.8 Å². The highest BCUT2D eigenvalue weighted by molar-refractivity contribution is 7.91. The van der Waals surface area contributed by atoms with Crippen LogP contribution in [0.3, 0.4) is 0 Å². The third-order valence-corrected chi connectivity index (χ3v) is 4.99. The van der Waals surface area contributed by atoms with E-state index in [-0.39, 0.29) is 23.2 Å². The van der Waals surface area contributed by atoms with Crippen molar-refractivity contribution in [1.82, 2.24) is 0 Å². The smallest absolute Gasteiger partial charge is 0.178 e. The average molecular weight is 272 g/mol. The second kappa shape index (κ2) is 6.31. The van der Waals surface area contributed by atoms with Crippen molar-refractivity contribution in [2.24, 2.45) is 11.8 Å². The summed E-state index contributed by atoms with van der Waals surface area (Å²) in [5.74, 6) is -0.869. The van der Waals surface area contributed by atoms with Gasteiger partial charge in [-0.3, -0.25) is 0 Å². The Morgan fingerprint density at radius 3 is 2.17 bits per heavy atom. The maximum atomic E-state index is 12.1. The zero-order valence-electron chi connectivity index (χ0n) is 10.7. The van der Waals surface area contributed by atoms with Crippen molar-refractivity contribution in [3.63, 3.8) is 0 Å². The molecule has 1 aromatic rings. The second-order valence-corrected chi connectivity index (χ2v) is 6.76. The van der Waals surface area contributed by atoms with Gasteiger partial charge in [0.1, 0.15) is 0 Å². The molecule has 102 valence electrons. The molecule has 0 aliphatic rings. The van der Waals surface area contributed by atoms with Gasteiger partial charge in [0.05, 0.1) is 16.8 Å². The topological polar surface area (TPSA) is 74.6 Å². The van der Waals surface area contributed by atoms with Crippen LogP contribution in [0.2, 0.25) is 0 Å². The molecule has 1 rings (SSSR count). The predicted molar refractivity (Wildman–Crippen MR) is 69.9 cm³/mol. The Morgan fingerprint density at radius 2 is 1.67 bits per heavy atom. The number of aliphatic hydroxyl groups excluding tert-OH is 2. The van der Waals surface area contributed by atoms with Gasteiger partial charge in [-0.25, -0.2) is 8.42 Å². The molecule has 3 atom stereocenters. The fourth-order valence-electron chi connectivity index (χ4n) is 1.84. The molecule has 0 aliphatic heterocycles. The first kappa shape index (κ1) is 15.1. The summed E-state index contributed by atoms with van der Waals surface area (Å²) in [6.45, 7) is 3.21. The first-order valence-corrected chi connectivity index (χ1v) is 7.60. The molecule has 5 heteroatoms. The fourth-order valence-corrected chi connectivity index (χ4v) is 3.49. The minimum atomic E-state index is -3.39. The molecule has 0 aliphatic carbocycles. The molecule has 0 saturated heterocycles. The first-order chi connectivity index (χ1) is 8.38. The standard InChI is InChI=1S/C13H20O4S/c1-10(8-14)13(15)11(2)9-18(16,17)12-6-4-3-5-7-12/h3-7,10-11,13-15H,8-9H2,1-2H3/t10-,11+,13+/m1/s1. The molecule has 0 fully saturated rings. The SMILES string of the molecule is C[C@H](CO)[C@H](O)[C@@H](C)CS(=O)(=O)c1ccccc1. The summed E-state index contributed by atoms with van der Waals surface area (Å²) in [6.07, 6.45) is -0.825. The number of rotatable bonds is 6. The van der Waals surface area contributed by atoms with Gasteiger partial charge in [-0.05, 0) is 18.1 Å². The number of hydrogen-bond donors (Lipinski definition) is 2. The molecule has 0 aromatic heterocycles. The summed E-state index contributed by atoms with van der Waals surface area (Å²) in [6, 6.07) is 8.19. The molecule has 0 heterocycles. The summed E-state index contributed by atoms with van der Waals surface area (Å²) < 4.78 is 24.2. The third kappa shape index (κ3) is 3.80. The van der Waals surface area contributed by atoms with Crippen molar-refractivity contribution in [2.45, 2.75) is 24.8 Å². The molecule has 2 N–H and O–H groups in total. The molecular weight excluding hydrogens is 252 g/mol. The maximum absolute atomic E-state index is 12.1. The first-order valence-electron chi connectivity index (χ1n) is 5.95. The Hall–Kier alpha value is -0.910. The number of hydrogen-bond acceptors (Lipinski definition) is 4.